The van der Waals surface area contributed by atoms with Crippen molar-refractivity contribution in [2.45, 2.75) is 6.18 Å². The van der Waals surface area contributed by atoms with E-state index < -0.39 is 11.2 Å². The number of hydrogen-bond acceptors (Lipinski definition) is 3. The van der Waals surface area contributed by atoms with Gasteiger partial charge in [-0.05, 0) is 18.2 Å². The summed E-state index contributed by atoms with van der Waals surface area (Å²) in [6.07, 6.45) is -4.41. The number of nitrogens with zero attached hydrogens (tertiary/aromatic N) is 1. The maximum absolute atomic E-state index is 12.5. The van der Waals surface area contributed by atoms with Crippen molar-refractivity contribution >= 4 is 27.3 Å². The van der Waals surface area contributed by atoms with E-state index in [1.165, 1.54) is 12.5 Å². The molecule has 96 valence electrons. The fourth-order valence-electron chi connectivity index (χ4n) is 1.41. The minimum Gasteiger partial charge on any atom is -0.496 e. The monoisotopic (exact) mass is 337 g/mol. The molecule has 0 saturated heterocycles. The average molecular weight is 338 g/mol. The fraction of sp³-hybridized carbons (Fsp3) is 0.182. The van der Waals surface area contributed by atoms with Gasteiger partial charge in [0.1, 0.15) is 5.75 Å². The van der Waals surface area contributed by atoms with Crippen LogP contribution < -0.4 is 4.74 Å². The second-order valence-electron chi connectivity index (χ2n) is 3.38. The molecular formula is C11H7BrF3NOS. The van der Waals surface area contributed by atoms with Crippen molar-refractivity contribution in [3.8, 4) is 17.0 Å². The van der Waals surface area contributed by atoms with Gasteiger partial charge in [-0.2, -0.15) is 13.2 Å². The molecular weight excluding hydrogens is 331 g/mol. The van der Waals surface area contributed by atoms with Gasteiger partial charge >= 0.3 is 6.18 Å². The predicted molar refractivity (Wildman–Crippen MR) is 66.8 cm³/mol. The molecule has 7 heteroatoms. The summed E-state index contributed by atoms with van der Waals surface area (Å²) in [5.74, 6) is 0.484. The van der Waals surface area contributed by atoms with Gasteiger partial charge in [-0.25, -0.2) is 4.98 Å². The first-order valence-electron chi connectivity index (χ1n) is 4.78. The number of methoxy groups -OCH3 is 1. The summed E-state index contributed by atoms with van der Waals surface area (Å²) in [5.41, 5.74) is 0.782. The molecule has 0 spiro atoms. The van der Waals surface area contributed by atoms with Crippen molar-refractivity contribution < 1.29 is 17.9 Å². The van der Waals surface area contributed by atoms with E-state index in [0.717, 1.165) is 4.47 Å². The molecule has 2 aromatic rings. The lowest BCUT2D eigenvalue weighted by Crippen LogP contribution is -2.03. The van der Waals surface area contributed by atoms with Crippen LogP contribution in [0.4, 0.5) is 13.2 Å². The highest BCUT2D eigenvalue weighted by molar-refractivity contribution is 9.10. The third kappa shape index (κ3) is 2.67. The Kier molecular flexibility index (Phi) is 3.63. The Morgan fingerprint density at radius 3 is 2.61 bits per heavy atom. The number of alkyl halides is 3. The van der Waals surface area contributed by atoms with E-state index in [1.54, 1.807) is 18.2 Å². The summed E-state index contributed by atoms with van der Waals surface area (Å²) < 4.78 is 43.3. The highest BCUT2D eigenvalue weighted by Crippen LogP contribution is 2.37. The summed E-state index contributed by atoms with van der Waals surface area (Å²) >= 11 is 3.84. The highest BCUT2D eigenvalue weighted by Gasteiger charge is 2.34. The molecule has 0 saturated carbocycles. The minimum atomic E-state index is -4.41. The lowest BCUT2D eigenvalue weighted by Gasteiger charge is -2.06. The van der Waals surface area contributed by atoms with Gasteiger partial charge in [0.2, 0.25) is 0 Å². The number of aromatic nitrogens is 1. The molecule has 2 nitrogen and oxygen atoms in total. The Balaban J connectivity index is 2.49. The summed E-state index contributed by atoms with van der Waals surface area (Å²) in [6.45, 7) is 0. The van der Waals surface area contributed by atoms with Gasteiger partial charge in [-0.15, -0.1) is 11.3 Å². The molecule has 18 heavy (non-hydrogen) atoms. The first kappa shape index (κ1) is 13.4. The van der Waals surface area contributed by atoms with Crippen molar-refractivity contribution in [1.82, 2.24) is 4.98 Å². The largest absolute Gasteiger partial charge is 0.496 e. The van der Waals surface area contributed by atoms with Gasteiger partial charge in [-0.1, -0.05) is 15.9 Å². The van der Waals surface area contributed by atoms with Crippen molar-refractivity contribution in [3.05, 3.63) is 33.1 Å². The van der Waals surface area contributed by atoms with Crippen LogP contribution in [0.2, 0.25) is 0 Å². The van der Waals surface area contributed by atoms with Gasteiger partial charge in [-0.3, -0.25) is 0 Å². The molecule has 0 radical (unpaired) electrons. The van der Waals surface area contributed by atoms with E-state index in [-0.39, 0.29) is 5.69 Å². The van der Waals surface area contributed by atoms with E-state index in [0.29, 0.717) is 22.6 Å². The zero-order chi connectivity index (χ0) is 13.3. The Bertz CT molecular complexity index is 568. The Morgan fingerprint density at radius 2 is 2.06 bits per heavy atom. The van der Waals surface area contributed by atoms with Crippen LogP contribution in [0.5, 0.6) is 5.75 Å². The maximum atomic E-state index is 12.5. The first-order chi connectivity index (χ1) is 8.41. The molecule has 0 aliphatic heterocycles. The molecule has 0 aliphatic rings. The number of benzene rings is 1. The molecule has 0 bridgehead atoms. The third-order valence-electron chi connectivity index (χ3n) is 2.18. The van der Waals surface area contributed by atoms with Gasteiger partial charge in [0, 0.05) is 15.4 Å². The molecule has 0 unspecified atom stereocenters. The zero-order valence-corrected chi connectivity index (χ0v) is 11.5. The van der Waals surface area contributed by atoms with Gasteiger partial charge in [0.05, 0.1) is 12.8 Å². The van der Waals surface area contributed by atoms with Crippen LogP contribution in [-0.4, -0.2) is 12.1 Å². The van der Waals surface area contributed by atoms with Crippen LogP contribution in [0, 0.1) is 0 Å². The Labute approximate surface area is 114 Å². The standard InChI is InChI=1S/C11H7BrF3NOS/c1-17-9-3-2-6(12)4-7(9)8-5-18-10(16-8)11(13,14)15/h2-5H,1H3. The minimum absolute atomic E-state index is 0.255. The van der Waals surface area contributed by atoms with Crippen molar-refractivity contribution in [3.63, 3.8) is 0 Å². The zero-order valence-electron chi connectivity index (χ0n) is 9.08. The van der Waals surface area contributed by atoms with Crippen LogP contribution in [0.3, 0.4) is 0 Å². The molecule has 0 atom stereocenters. The van der Waals surface area contributed by atoms with Crippen LogP contribution in [0.1, 0.15) is 5.01 Å². The molecule has 0 aliphatic carbocycles. The van der Waals surface area contributed by atoms with Crippen LogP contribution in [-0.2, 0) is 6.18 Å². The number of hydrogen-bond donors (Lipinski definition) is 0. The van der Waals surface area contributed by atoms with Crippen molar-refractivity contribution in [2.75, 3.05) is 7.11 Å². The van der Waals surface area contributed by atoms with E-state index in [4.69, 9.17) is 4.74 Å². The van der Waals surface area contributed by atoms with Gasteiger partial charge < -0.3 is 4.74 Å². The third-order valence-corrected chi connectivity index (χ3v) is 3.56. The smallest absolute Gasteiger partial charge is 0.443 e. The van der Waals surface area contributed by atoms with E-state index >= 15 is 0 Å². The summed E-state index contributed by atoms with van der Waals surface area (Å²) in [5, 5.41) is 0.507. The second kappa shape index (κ2) is 4.89. The molecule has 1 heterocycles. The molecule has 2 rings (SSSR count). The normalized spacial score (nSPS) is 11.6. The number of rotatable bonds is 2. The lowest BCUT2D eigenvalue weighted by atomic mass is 10.1. The second-order valence-corrected chi connectivity index (χ2v) is 5.15. The van der Waals surface area contributed by atoms with E-state index in [2.05, 4.69) is 20.9 Å². The Hall–Kier alpha value is -1.08. The van der Waals surface area contributed by atoms with Gasteiger partial charge in [0.25, 0.3) is 0 Å². The van der Waals surface area contributed by atoms with Crippen LogP contribution >= 0.6 is 27.3 Å². The van der Waals surface area contributed by atoms with Crippen LogP contribution in [0.15, 0.2) is 28.1 Å². The van der Waals surface area contributed by atoms with Gasteiger partial charge in [0.15, 0.2) is 5.01 Å². The van der Waals surface area contributed by atoms with E-state index in [1.807, 2.05) is 0 Å². The maximum Gasteiger partial charge on any atom is 0.443 e. The number of halogens is 4. The molecule has 0 amide bonds. The summed E-state index contributed by atoms with van der Waals surface area (Å²) in [4.78, 5) is 3.59. The number of thiazole rings is 1. The SMILES string of the molecule is COc1ccc(Br)cc1-c1csc(C(F)(F)F)n1. The van der Waals surface area contributed by atoms with Crippen molar-refractivity contribution in [1.29, 1.82) is 0 Å². The molecule has 0 fully saturated rings. The van der Waals surface area contributed by atoms with Crippen LogP contribution in [0.25, 0.3) is 11.3 Å². The van der Waals surface area contributed by atoms with E-state index in [9.17, 15) is 13.2 Å². The van der Waals surface area contributed by atoms with Crippen molar-refractivity contribution in [2.24, 2.45) is 0 Å². The molecule has 0 N–H and O–H groups in total. The summed E-state index contributed by atoms with van der Waals surface area (Å²) in [6, 6.07) is 5.10. The molecule has 1 aromatic heterocycles. The topological polar surface area (TPSA) is 22.1 Å². The number of ether oxygens (including phenoxy) is 1. The molecule has 1 aromatic carbocycles. The predicted octanol–water partition coefficient (Wildman–Crippen LogP) is 4.60. The lowest BCUT2D eigenvalue weighted by molar-refractivity contribution is -0.137. The highest BCUT2D eigenvalue weighted by atomic mass is 79.9. The fourth-order valence-corrected chi connectivity index (χ4v) is 2.46. The summed E-state index contributed by atoms with van der Waals surface area (Å²) in [7, 11) is 1.46. The average Bonchev–Trinajstić information content (AvgIpc) is 2.77. The Morgan fingerprint density at radius 1 is 1.33 bits per heavy atom. The quantitative estimate of drug-likeness (QED) is 0.798. The first-order valence-corrected chi connectivity index (χ1v) is 6.45.